The highest BCUT2D eigenvalue weighted by Gasteiger charge is 2.48. The number of rotatable bonds is 5. The van der Waals surface area contributed by atoms with Crippen molar-refractivity contribution < 1.29 is 14.0 Å². The summed E-state index contributed by atoms with van der Waals surface area (Å²) in [4.78, 5) is 39.4. The Bertz CT molecular complexity index is 1550. The van der Waals surface area contributed by atoms with E-state index in [-0.39, 0.29) is 40.6 Å². The second kappa shape index (κ2) is 8.77. The molecule has 2 bridgehead atoms. The van der Waals surface area contributed by atoms with Crippen molar-refractivity contribution in [1.29, 1.82) is 0 Å². The standard InChI is InChI=1S/C26H23FN8O2/c1-2-21(36)34-12-14-9-18(34)19(10-14)35-25-22(24(28)30-13-31-25)23(33-35)16-7-6-15(11-17(16)27)26(37)32-20-5-3-4-8-29-20/h2-8,11,13-14,18-19H,1,9-10,12H2,(H2,28,30,31)(H,29,32,37)/t14-,18?,19?/m1/s1. The van der Waals surface area contributed by atoms with Crippen molar-refractivity contribution in [2.24, 2.45) is 5.92 Å². The number of nitrogens with one attached hydrogen (secondary N) is 1. The first-order valence-electron chi connectivity index (χ1n) is 11.9. The summed E-state index contributed by atoms with van der Waals surface area (Å²) < 4.78 is 17.2. The van der Waals surface area contributed by atoms with Gasteiger partial charge < -0.3 is 16.0 Å². The number of anilines is 2. The summed E-state index contributed by atoms with van der Waals surface area (Å²) in [5.41, 5.74) is 7.28. The van der Waals surface area contributed by atoms with Gasteiger partial charge in [0.25, 0.3) is 5.91 Å². The molecule has 4 heterocycles. The molecule has 2 unspecified atom stereocenters. The molecule has 1 saturated heterocycles. The minimum absolute atomic E-state index is 0.0647. The number of pyridine rings is 1. The fourth-order valence-corrected chi connectivity index (χ4v) is 5.51. The van der Waals surface area contributed by atoms with Crippen LogP contribution in [-0.4, -0.2) is 54.0 Å². The lowest BCUT2D eigenvalue weighted by molar-refractivity contribution is -0.128. The second-order valence-corrected chi connectivity index (χ2v) is 9.28. The van der Waals surface area contributed by atoms with E-state index in [1.165, 1.54) is 24.5 Å². The number of nitrogen functional groups attached to an aromatic ring is 1. The van der Waals surface area contributed by atoms with E-state index in [4.69, 9.17) is 10.8 Å². The molecule has 1 aliphatic heterocycles. The molecule has 1 saturated carbocycles. The summed E-state index contributed by atoms with van der Waals surface area (Å²) in [7, 11) is 0. The zero-order chi connectivity index (χ0) is 25.7. The molecule has 3 atom stereocenters. The van der Waals surface area contributed by atoms with Gasteiger partial charge in [-0.1, -0.05) is 12.6 Å². The largest absolute Gasteiger partial charge is 0.383 e. The highest BCUT2D eigenvalue weighted by Crippen LogP contribution is 2.46. The van der Waals surface area contributed by atoms with Crippen LogP contribution in [0.25, 0.3) is 22.3 Å². The van der Waals surface area contributed by atoms with Crippen LogP contribution in [0.15, 0.2) is 61.6 Å². The van der Waals surface area contributed by atoms with Gasteiger partial charge in [-0.3, -0.25) is 9.59 Å². The molecule has 0 radical (unpaired) electrons. The maximum Gasteiger partial charge on any atom is 0.256 e. The average Bonchev–Trinajstić information content (AvgIpc) is 3.62. The van der Waals surface area contributed by atoms with Crippen LogP contribution in [0.2, 0.25) is 0 Å². The van der Waals surface area contributed by atoms with Gasteiger partial charge in [-0.25, -0.2) is 24.0 Å². The molecule has 1 aliphatic carbocycles. The number of nitrogens with two attached hydrogens (primary N) is 1. The quantitative estimate of drug-likeness (QED) is 0.404. The normalized spacial score (nSPS) is 20.4. The summed E-state index contributed by atoms with van der Waals surface area (Å²) in [5.74, 6) is -0.370. The number of fused-ring (bicyclic) bond motifs is 3. The Balaban J connectivity index is 1.38. The van der Waals surface area contributed by atoms with Crippen molar-refractivity contribution in [1.82, 2.24) is 29.6 Å². The summed E-state index contributed by atoms with van der Waals surface area (Å²) in [6.07, 6.45) is 5.90. The highest BCUT2D eigenvalue weighted by molar-refractivity contribution is 6.04. The van der Waals surface area contributed by atoms with Gasteiger partial charge in [0.1, 0.15) is 29.5 Å². The van der Waals surface area contributed by atoms with Crippen LogP contribution in [0.1, 0.15) is 29.2 Å². The van der Waals surface area contributed by atoms with Gasteiger partial charge in [0, 0.05) is 23.9 Å². The van der Waals surface area contributed by atoms with Crippen molar-refractivity contribution in [3.8, 4) is 11.3 Å². The topological polar surface area (TPSA) is 132 Å². The van der Waals surface area contributed by atoms with Crippen molar-refractivity contribution >= 4 is 34.5 Å². The van der Waals surface area contributed by atoms with Crippen LogP contribution in [0, 0.1) is 11.7 Å². The summed E-state index contributed by atoms with van der Waals surface area (Å²) in [6, 6.07) is 9.07. The van der Waals surface area contributed by atoms with E-state index in [2.05, 4.69) is 26.8 Å². The second-order valence-electron chi connectivity index (χ2n) is 9.28. The minimum atomic E-state index is -0.639. The summed E-state index contributed by atoms with van der Waals surface area (Å²) in [5, 5.41) is 7.83. The zero-order valence-corrected chi connectivity index (χ0v) is 19.7. The number of carbonyl (C=O) groups excluding carboxylic acids is 2. The Hall–Kier alpha value is -4.67. The third-order valence-electron chi connectivity index (χ3n) is 7.13. The smallest absolute Gasteiger partial charge is 0.256 e. The van der Waals surface area contributed by atoms with Crippen LogP contribution in [0.4, 0.5) is 16.0 Å². The Morgan fingerprint density at radius 1 is 1.14 bits per heavy atom. The maximum absolute atomic E-state index is 15.5. The lowest BCUT2D eigenvalue weighted by Gasteiger charge is -2.32. The molecule has 0 spiro atoms. The summed E-state index contributed by atoms with van der Waals surface area (Å²) in [6.45, 7) is 4.31. The van der Waals surface area contributed by atoms with Crippen LogP contribution in [0.3, 0.4) is 0 Å². The molecule has 186 valence electrons. The van der Waals surface area contributed by atoms with Crippen molar-refractivity contribution in [2.45, 2.75) is 24.9 Å². The van der Waals surface area contributed by atoms with E-state index in [9.17, 15) is 9.59 Å². The van der Waals surface area contributed by atoms with Gasteiger partial charge >= 0.3 is 0 Å². The molecular weight excluding hydrogens is 475 g/mol. The van der Waals surface area contributed by atoms with E-state index in [1.807, 2.05) is 4.90 Å². The number of benzene rings is 1. The predicted molar refractivity (Wildman–Crippen MR) is 135 cm³/mol. The van der Waals surface area contributed by atoms with Crippen LogP contribution >= 0.6 is 0 Å². The van der Waals surface area contributed by atoms with Crippen LogP contribution in [-0.2, 0) is 4.79 Å². The Labute approximate surface area is 211 Å². The number of likely N-dealkylation sites (tertiary alicyclic amines) is 1. The lowest BCUT2D eigenvalue weighted by atomic mass is 10.1. The molecule has 2 amide bonds. The first-order chi connectivity index (χ1) is 17.9. The van der Waals surface area contributed by atoms with Crippen LogP contribution < -0.4 is 11.1 Å². The Morgan fingerprint density at radius 3 is 2.70 bits per heavy atom. The zero-order valence-electron chi connectivity index (χ0n) is 19.7. The molecule has 37 heavy (non-hydrogen) atoms. The SMILES string of the molecule is C=CC(=O)N1C[C@@H]2CC1C(n1nc(-c3ccc(C(=O)Nc4ccccn4)cc3F)c3c(N)ncnc31)C2. The average molecular weight is 499 g/mol. The molecule has 4 aromatic rings. The lowest BCUT2D eigenvalue weighted by Crippen LogP contribution is -2.42. The summed E-state index contributed by atoms with van der Waals surface area (Å²) >= 11 is 0. The molecule has 11 heteroatoms. The highest BCUT2D eigenvalue weighted by atomic mass is 19.1. The Kier molecular flexibility index (Phi) is 5.40. The van der Waals surface area contributed by atoms with E-state index in [0.29, 0.717) is 29.3 Å². The van der Waals surface area contributed by atoms with E-state index in [0.717, 1.165) is 18.9 Å². The number of amides is 2. The first kappa shape index (κ1) is 22.8. The number of piperidine rings is 1. The Morgan fingerprint density at radius 2 is 1.97 bits per heavy atom. The van der Waals surface area contributed by atoms with Gasteiger partial charge in [-0.05, 0) is 55.2 Å². The van der Waals surface area contributed by atoms with Crippen molar-refractivity contribution in [2.75, 3.05) is 17.6 Å². The van der Waals surface area contributed by atoms with Gasteiger partial charge in [-0.2, -0.15) is 5.10 Å². The first-order valence-corrected chi connectivity index (χ1v) is 11.9. The third kappa shape index (κ3) is 3.79. The van der Waals surface area contributed by atoms with E-state index >= 15 is 4.39 Å². The minimum Gasteiger partial charge on any atom is -0.383 e. The molecule has 6 rings (SSSR count). The number of carbonyl (C=O) groups is 2. The molecule has 2 aliphatic rings. The van der Waals surface area contributed by atoms with Gasteiger partial charge in [0.15, 0.2) is 5.65 Å². The fourth-order valence-electron chi connectivity index (χ4n) is 5.51. The monoisotopic (exact) mass is 498 g/mol. The van der Waals surface area contributed by atoms with Gasteiger partial charge in [-0.15, -0.1) is 0 Å². The van der Waals surface area contributed by atoms with Crippen molar-refractivity contribution in [3.63, 3.8) is 0 Å². The molecule has 2 fully saturated rings. The van der Waals surface area contributed by atoms with E-state index < -0.39 is 11.7 Å². The van der Waals surface area contributed by atoms with E-state index in [1.54, 1.807) is 29.1 Å². The van der Waals surface area contributed by atoms with Gasteiger partial charge in [0.05, 0.1) is 17.5 Å². The molecule has 3 aromatic heterocycles. The molecular formula is C26H23FN8O2. The molecule has 10 nitrogen and oxygen atoms in total. The number of hydrogen-bond acceptors (Lipinski definition) is 7. The van der Waals surface area contributed by atoms with Crippen molar-refractivity contribution in [3.05, 3.63) is 73.0 Å². The number of aromatic nitrogens is 5. The number of hydrogen-bond donors (Lipinski definition) is 2. The van der Waals surface area contributed by atoms with Crippen LogP contribution in [0.5, 0.6) is 0 Å². The predicted octanol–water partition coefficient (Wildman–Crippen LogP) is 3.21. The fraction of sp³-hybridized carbons (Fsp3) is 0.231. The molecule has 3 N–H and O–H groups in total. The number of halogens is 1. The third-order valence-corrected chi connectivity index (χ3v) is 7.13. The van der Waals surface area contributed by atoms with Gasteiger partial charge in [0.2, 0.25) is 5.91 Å². The number of nitrogens with zero attached hydrogens (tertiary/aromatic N) is 6. The molecule has 1 aromatic carbocycles. The maximum atomic E-state index is 15.5.